The van der Waals surface area contributed by atoms with Crippen LogP contribution < -0.4 is 10.8 Å². The summed E-state index contributed by atoms with van der Waals surface area (Å²) in [5.74, 6) is 0. The van der Waals surface area contributed by atoms with Gasteiger partial charge in [0, 0.05) is 0 Å². The molecule has 134 valence electrons. The van der Waals surface area contributed by atoms with Gasteiger partial charge < -0.3 is 10.1 Å². The molecule has 0 saturated carbocycles. The topological polar surface area (TPSA) is 81.7 Å². The summed E-state index contributed by atoms with van der Waals surface area (Å²) in [7, 11) is -1.49. The van der Waals surface area contributed by atoms with Crippen LogP contribution in [0.15, 0.2) is 24.3 Å². The molecule has 8 heteroatoms. The summed E-state index contributed by atoms with van der Waals surface area (Å²) < 4.78 is 32.1. The lowest BCUT2D eigenvalue weighted by atomic mass is 9.86. The van der Waals surface area contributed by atoms with Crippen LogP contribution >= 0.6 is 0 Å². The van der Waals surface area contributed by atoms with Crippen molar-refractivity contribution < 1.29 is 22.1 Å². The summed E-state index contributed by atoms with van der Waals surface area (Å²) in [5.41, 5.74) is 1.44. The molecule has 6 nitrogen and oxygen atoms in total. The Morgan fingerprint density at radius 2 is 1.92 bits per heavy atom. The predicted octanol–water partition coefficient (Wildman–Crippen LogP) is 1.27. The van der Waals surface area contributed by atoms with Gasteiger partial charge in [0.15, 0.2) is 0 Å². The fourth-order valence-electron chi connectivity index (χ4n) is 2.23. The largest absolute Gasteiger partial charge is 0.444 e. The van der Waals surface area contributed by atoms with Crippen molar-refractivity contribution in [3.05, 3.63) is 29.8 Å². The molecule has 0 spiro atoms. The van der Waals surface area contributed by atoms with E-state index in [1.54, 1.807) is 20.8 Å². The molecule has 0 radical (unpaired) electrons. The molecule has 1 aromatic rings. The van der Waals surface area contributed by atoms with E-state index in [1.807, 2.05) is 32.1 Å². The first-order valence-electron chi connectivity index (χ1n) is 7.87. The van der Waals surface area contributed by atoms with Crippen LogP contribution in [0.2, 0.25) is 0 Å². The van der Waals surface area contributed by atoms with Crippen molar-refractivity contribution in [2.75, 3.05) is 12.9 Å². The first-order valence-corrected chi connectivity index (χ1v) is 9.69. The zero-order valence-electron chi connectivity index (χ0n) is 15.0. The number of amides is 1. The van der Waals surface area contributed by atoms with Gasteiger partial charge in [-0.3, -0.25) is 4.18 Å². The number of hydrogen-bond donors (Lipinski definition) is 1. The lowest BCUT2D eigenvalue weighted by molar-refractivity contribution is 0.0499. The number of alkyl carbamates (subject to hydrolysis) is 1. The molecule has 0 aliphatic heterocycles. The maximum absolute atomic E-state index is 12.1. The Hall–Kier alpha value is -1.54. The number of carbonyl (C=O) groups is 1. The van der Waals surface area contributed by atoms with Crippen molar-refractivity contribution in [1.82, 2.24) is 5.32 Å². The lowest BCUT2D eigenvalue weighted by Gasteiger charge is -2.25. The molecular weight excluding hydrogens is 329 g/mol. The van der Waals surface area contributed by atoms with Crippen LogP contribution in [0.4, 0.5) is 4.79 Å². The zero-order valence-corrected chi connectivity index (χ0v) is 15.8. The van der Waals surface area contributed by atoms with Crippen molar-refractivity contribution >= 4 is 29.5 Å². The minimum atomic E-state index is -3.45. The Labute approximate surface area is 145 Å². The van der Waals surface area contributed by atoms with Crippen LogP contribution in [0, 0.1) is 0 Å². The SMILES string of the molecule is Bc1ccccc1[C@H](CCCOS(C)(=O)=O)NC(=O)OC(C)(C)C. The van der Waals surface area contributed by atoms with E-state index in [0.717, 1.165) is 17.3 Å². The molecule has 1 N–H and O–H groups in total. The summed E-state index contributed by atoms with van der Waals surface area (Å²) in [6.45, 7) is 5.48. The summed E-state index contributed by atoms with van der Waals surface area (Å²) in [6.07, 6.45) is 1.55. The predicted molar refractivity (Wildman–Crippen MR) is 96.8 cm³/mol. The molecule has 0 heterocycles. The molecular formula is C16H26BNO5S. The lowest BCUT2D eigenvalue weighted by Crippen LogP contribution is -2.36. The zero-order chi connectivity index (χ0) is 18.4. The highest BCUT2D eigenvalue weighted by Gasteiger charge is 2.21. The van der Waals surface area contributed by atoms with Gasteiger partial charge in [0.2, 0.25) is 0 Å². The van der Waals surface area contributed by atoms with E-state index in [9.17, 15) is 13.2 Å². The van der Waals surface area contributed by atoms with E-state index in [-0.39, 0.29) is 12.6 Å². The highest BCUT2D eigenvalue weighted by Crippen LogP contribution is 2.18. The number of hydrogen-bond acceptors (Lipinski definition) is 5. The highest BCUT2D eigenvalue weighted by molar-refractivity contribution is 7.85. The summed E-state index contributed by atoms with van der Waals surface area (Å²) in [5, 5.41) is 2.86. The first-order chi connectivity index (χ1) is 11.0. The average molecular weight is 355 g/mol. The van der Waals surface area contributed by atoms with Crippen molar-refractivity contribution in [2.24, 2.45) is 0 Å². The Balaban J connectivity index is 2.77. The van der Waals surface area contributed by atoms with E-state index >= 15 is 0 Å². The van der Waals surface area contributed by atoms with Gasteiger partial charge in [0.05, 0.1) is 18.9 Å². The van der Waals surface area contributed by atoms with Crippen molar-refractivity contribution in [2.45, 2.75) is 45.3 Å². The van der Waals surface area contributed by atoms with Gasteiger partial charge in [-0.2, -0.15) is 8.42 Å². The van der Waals surface area contributed by atoms with Gasteiger partial charge in [0.1, 0.15) is 13.4 Å². The number of benzene rings is 1. The molecule has 0 aliphatic carbocycles. The second-order valence-electron chi connectivity index (χ2n) is 6.72. The molecule has 0 bridgehead atoms. The van der Waals surface area contributed by atoms with Crippen LogP contribution in [-0.4, -0.2) is 40.8 Å². The molecule has 0 fully saturated rings. The normalized spacial score (nSPS) is 13.3. The molecule has 0 aromatic heterocycles. The average Bonchev–Trinajstić information content (AvgIpc) is 2.40. The molecule has 1 atom stereocenters. The van der Waals surface area contributed by atoms with Gasteiger partial charge >= 0.3 is 6.09 Å². The van der Waals surface area contributed by atoms with Crippen LogP contribution in [0.3, 0.4) is 0 Å². The second-order valence-corrected chi connectivity index (χ2v) is 8.37. The van der Waals surface area contributed by atoms with Gasteiger partial charge in [-0.05, 0) is 39.2 Å². The molecule has 1 amide bonds. The summed E-state index contributed by atoms with van der Waals surface area (Å²) >= 11 is 0. The maximum Gasteiger partial charge on any atom is 0.408 e. The third-order valence-electron chi connectivity index (χ3n) is 3.19. The summed E-state index contributed by atoms with van der Waals surface area (Å²) in [6, 6.07) is 7.46. The number of rotatable bonds is 7. The Bertz CT molecular complexity index is 655. The molecule has 0 aliphatic rings. The highest BCUT2D eigenvalue weighted by atomic mass is 32.2. The molecule has 1 aromatic carbocycles. The quantitative estimate of drug-likeness (QED) is 0.453. The standard InChI is InChI=1S/C16H26BNO5S/c1-16(2,3)23-15(19)18-14(10-7-11-22-24(4,20)21)12-8-5-6-9-13(12)17/h5-6,8-9,14H,7,10-11,17H2,1-4H3,(H,18,19)/t14-/m0/s1. The monoisotopic (exact) mass is 355 g/mol. The van der Waals surface area contributed by atoms with E-state index in [0.29, 0.717) is 12.8 Å². The van der Waals surface area contributed by atoms with Crippen LogP contribution in [0.1, 0.15) is 45.2 Å². The minimum Gasteiger partial charge on any atom is -0.444 e. The third kappa shape index (κ3) is 8.35. The second kappa shape index (κ2) is 8.53. The molecule has 0 unspecified atom stereocenters. The van der Waals surface area contributed by atoms with Gasteiger partial charge in [-0.15, -0.1) is 0 Å². The summed E-state index contributed by atoms with van der Waals surface area (Å²) in [4.78, 5) is 12.1. The van der Waals surface area contributed by atoms with Gasteiger partial charge in [0.25, 0.3) is 10.1 Å². The first kappa shape index (κ1) is 20.5. The fourth-order valence-corrected chi connectivity index (χ4v) is 2.65. The molecule has 24 heavy (non-hydrogen) atoms. The van der Waals surface area contributed by atoms with E-state index in [1.165, 1.54) is 0 Å². The van der Waals surface area contributed by atoms with Crippen molar-refractivity contribution in [3.63, 3.8) is 0 Å². The van der Waals surface area contributed by atoms with Crippen LogP contribution in [-0.2, 0) is 19.0 Å². The molecule has 0 saturated heterocycles. The minimum absolute atomic E-state index is 0.0806. The number of carbonyl (C=O) groups excluding carboxylic acids is 1. The van der Waals surface area contributed by atoms with E-state index in [2.05, 4.69) is 5.32 Å². The smallest absolute Gasteiger partial charge is 0.408 e. The fraction of sp³-hybridized carbons (Fsp3) is 0.562. The van der Waals surface area contributed by atoms with Crippen LogP contribution in [0.25, 0.3) is 0 Å². The number of nitrogens with one attached hydrogen (secondary N) is 1. The molecule has 1 rings (SSSR count). The third-order valence-corrected chi connectivity index (χ3v) is 3.78. The van der Waals surface area contributed by atoms with Crippen LogP contribution in [0.5, 0.6) is 0 Å². The maximum atomic E-state index is 12.1. The Morgan fingerprint density at radius 1 is 1.29 bits per heavy atom. The van der Waals surface area contributed by atoms with E-state index < -0.39 is 21.8 Å². The van der Waals surface area contributed by atoms with Crippen molar-refractivity contribution in [3.8, 4) is 0 Å². The van der Waals surface area contributed by atoms with Gasteiger partial charge in [-0.25, -0.2) is 4.79 Å². The van der Waals surface area contributed by atoms with E-state index in [4.69, 9.17) is 8.92 Å². The Morgan fingerprint density at radius 3 is 2.46 bits per heavy atom. The van der Waals surface area contributed by atoms with Gasteiger partial charge in [-0.1, -0.05) is 29.7 Å². The van der Waals surface area contributed by atoms with Crippen molar-refractivity contribution in [1.29, 1.82) is 0 Å². The number of ether oxygens (including phenoxy) is 1. The Kier molecular flexibility index (Phi) is 7.29.